The summed E-state index contributed by atoms with van der Waals surface area (Å²) in [5, 5.41) is 28.9. The number of aliphatic hydroxyl groups excluding tert-OH is 3. The van der Waals surface area contributed by atoms with E-state index < -0.39 is 24.4 Å². The molecule has 0 spiro atoms. The predicted octanol–water partition coefficient (Wildman–Crippen LogP) is 4.13. The van der Waals surface area contributed by atoms with Crippen molar-refractivity contribution in [2.24, 2.45) is 0 Å². The smallest absolute Gasteiger partial charge is 0.111 e. The number of hydrogen-bond acceptors (Lipinski definition) is 5. The van der Waals surface area contributed by atoms with Crippen LogP contribution in [0.1, 0.15) is 90.4 Å². The van der Waals surface area contributed by atoms with Crippen LogP contribution in [0.5, 0.6) is 0 Å². The van der Waals surface area contributed by atoms with E-state index in [4.69, 9.17) is 14.6 Å². The van der Waals surface area contributed by atoms with E-state index in [0.29, 0.717) is 6.61 Å². The van der Waals surface area contributed by atoms with E-state index in [1.54, 1.807) is 0 Å². The Kier molecular flexibility index (Phi) is 15.9. The molecule has 0 aliphatic carbocycles. The van der Waals surface area contributed by atoms with Crippen LogP contribution >= 0.6 is 0 Å². The number of aliphatic hydroxyl groups is 3. The van der Waals surface area contributed by atoms with Crippen LogP contribution in [0, 0.1) is 0 Å². The Morgan fingerprint density at radius 3 is 2.00 bits per heavy atom. The van der Waals surface area contributed by atoms with Crippen LogP contribution in [0.15, 0.2) is 12.2 Å². The molecule has 1 saturated heterocycles. The van der Waals surface area contributed by atoms with Crippen molar-refractivity contribution in [1.82, 2.24) is 0 Å². The highest BCUT2D eigenvalue weighted by molar-refractivity contribution is 4.87. The maximum Gasteiger partial charge on any atom is 0.111 e. The van der Waals surface area contributed by atoms with E-state index in [-0.39, 0.29) is 13.2 Å². The first-order valence-corrected chi connectivity index (χ1v) is 11.6. The van der Waals surface area contributed by atoms with Gasteiger partial charge in [0.05, 0.1) is 13.2 Å². The third-order valence-electron chi connectivity index (χ3n) is 5.50. The van der Waals surface area contributed by atoms with Crippen molar-refractivity contribution in [3.8, 4) is 0 Å². The molecule has 1 rings (SSSR count). The van der Waals surface area contributed by atoms with Crippen molar-refractivity contribution in [3.05, 3.63) is 12.2 Å². The molecule has 0 aromatic rings. The molecule has 3 N–H and O–H groups in total. The van der Waals surface area contributed by atoms with Gasteiger partial charge in [0, 0.05) is 6.61 Å². The van der Waals surface area contributed by atoms with Crippen LogP contribution in [-0.4, -0.2) is 59.6 Å². The van der Waals surface area contributed by atoms with Crippen molar-refractivity contribution < 1.29 is 24.8 Å². The van der Waals surface area contributed by atoms with Crippen molar-refractivity contribution in [2.45, 2.75) is 115 Å². The lowest BCUT2D eigenvalue weighted by atomic mass is 10.0. The fourth-order valence-electron chi connectivity index (χ4n) is 3.57. The molecular formula is C23H44O5. The van der Waals surface area contributed by atoms with Crippen LogP contribution in [0.25, 0.3) is 0 Å². The maximum absolute atomic E-state index is 9.99. The predicted molar refractivity (Wildman–Crippen MR) is 113 cm³/mol. The van der Waals surface area contributed by atoms with Gasteiger partial charge in [0.25, 0.3) is 0 Å². The SMILES string of the molecule is CCCCCCCCC/C=C/CCCCCCO[C@@H]1CO[C@@H](CO)[C@H](O)[C@H]1O. The van der Waals surface area contributed by atoms with Gasteiger partial charge in [-0.25, -0.2) is 0 Å². The average molecular weight is 401 g/mol. The number of allylic oxidation sites excluding steroid dienone is 2. The second-order valence-corrected chi connectivity index (χ2v) is 8.03. The molecule has 1 heterocycles. The van der Waals surface area contributed by atoms with Crippen LogP contribution in [0.4, 0.5) is 0 Å². The van der Waals surface area contributed by atoms with Gasteiger partial charge in [-0.3, -0.25) is 0 Å². The topological polar surface area (TPSA) is 79.2 Å². The van der Waals surface area contributed by atoms with Gasteiger partial charge >= 0.3 is 0 Å². The highest BCUT2D eigenvalue weighted by Gasteiger charge is 2.38. The Morgan fingerprint density at radius 2 is 1.39 bits per heavy atom. The van der Waals surface area contributed by atoms with Gasteiger partial charge in [0.15, 0.2) is 0 Å². The number of ether oxygens (including phenoxy) is 2. The zero-order chi connectivity index (χ0) is 20.5. The standard InChI is InChI=1S/C23H44O5/c1-2-3-4-5-6-7-8-9-10-11-12-13-14-15-16-17-27-21-19-28-20(18-24)22(25)23(21)26/h10-11,20-26H,2-9,12-19H2,1H3/b11-10+/t20-,21+,22-,23-/m0/s1. The van der Waals surface area contributed by atoms with Crippen LogP contribution in [-0.2, 0) is 9.47 Å². The van der Waals surface area contributed by atoms with Gasteiger partial charge in [-0.15, -0.1) is 0 Å². The van der Waals surface area contributed by atoms with E-state index in [9.17, 15) is 10.2 Å². The summed E-state index contributed by atoms with van der Waals surface area (Å²) in [6.45, 7) is 2.75. The molecule has 166 valence electrons. The molecule has 0 aromatic heterocycles. The van der Waals surface area contributed by atoms with Crippen molar-refractivity contribution in [1.29, 1.82) is 0 Å². The zero-order valence-corrected chi connectivity index (χ0v) is 17.9. The summed E-state index contributed by atoms with van der Waals surface area (Å²) in [6.07, 6.45) is 17.8. The Labute approximate surface area is 172 Å². The molecule has 4 atom stereocenters. The molecule has 0 bridgehead atoms. The van der Waals surface area contributed by atoms with E-state index in [2.05, 4.69) is 19.1 Å². The second kappa shape index (κ2) is 17.4. The lowest BCUT2D eigenvalue weighted by Gasteiger charge is -2.36. The van der Waals surface area contributed by atoms with Gasteiger partial charge in [-0.2, -0.15) is 0 Å². The molecule has 1 fully saturated rings. The van der Waals surface area contributed by atoms with E-state index in [0.717, 1.165) is 19.3 Å². The van der Waals surface area contributed by atoms with Gasteiger partial charge in [-0.1, -0.05) is 70.4 Å². The number of rotatable bonds is 17. The Bertz CT molecular complexity index is 374. The minimum absolute atomic E-state index is 0.215. The third kappa shape index (κ3) is 11.5. The van der Waals surface area contributed by atoms with Gasteiger partial charge in [-0.05, 0) is 32.1 Å². The molecule has 0 saturated carbocycles. The molecule has 1 aliphatic rings. The maximum atomic E-state index is 9.99. The first kappa shape index (κ1) is 25.6. The van der Waals surface area contributed by atoms with Gasteiger partial charge < -0.3 is 24.8 Å². The van der Waals surface area contributed by atoms with Crippen molar-refractivity contribution >= 4 is 0 Å². The number of unbranched alkanes of at least 4 members (excludes halogenated alkanes) is 11. The summed E-state index contributed by atoms with van der Waals surface area (Å²) >= 11 is 0. The fraction of sp³-hybridized carbons (Fsp3) is 0.913. The van der Waals surface area contributed by atoms with Crippen LogP contribution in [0.3, 0.4) is 0 Å². The fourth-order valence-corrected chi connectivity index (χ4v) is 3.57. The van der Waals surface area contributed by atoms with E-state index >= 15 is 0 Å². The summed E-state index contributed by atoms with van der Waals surface area (Å²) in [5.74, 6) is 0. The summed E-state index contributed by atoms with van der Waals surface area (Å²) < 4.78 is 11.0. The van der Waals surface area contributed by atoms with Gasteiger partial charge in [0.1, 0.15) is 24.4 Å². The Balaban J connectivity index is 1.86. The molecule has 5 heteroatoms. The normalized spacial score (nSPS) is 25.6. The molecule has 5 nitrogen and oxygen atoms in total. The Hall–Kier alpha value is -0.460. The first-order valence-electron chi connectivity index (χ1n) is 11.6. The minimum atomic E-state index is -1.09. The van der Waals surface area contributed by atoms with E-state index in [1.807, 2.05) is 0 Å². The lowest BCUT2D eigenvalue weighted by molar-refractivity contribution is -0.208. The van der Waals surface area contributed by atoms with Crippen molar-refractivity contribution in [2.75, 3.05) is 19.8 Å². The molecular weight excluding hydrogens is 356 g/mol. The minimum Gasteiger partial charge on any atom is -0.394 e. The molecule has 0 aromatic carbocycles. The molecule has 0 amide bonds. The van der Waals surface area contributed by atoms with Crippen LogP contribution < -0.4 is 0 Å². The molecule has 0 radical (unpaired) electrons. The van der Waals surface area contributed by atoms with Gasteiger partial charge in [0.2, 0.25) is 0 Å². The van der Waals surface area contributed by atoms with Crippen LogP contribution in [0.2, 0.25) is 0 Å². The second-order valence-electron chi connectivity index (χ2n) is 8.03. The quantitative estimate of drug-likeness (QED) is 0.253. The zero-order valence-electron chi connectivity index (χ0n) is 17.9. The number of hydrogen-bond donors (Lipinski definition) is 3. The highest BCUT2D eigenvalue weighted by Crippen LogP contribution is 2.18. The summed E-state index contributed by atoms with van der Waals surface area (Å²) in [5.41, 5.74) is 0. The monoisotopic (exact) mass is 400 g/mol. The summed E-state index contributed by atoms with van der Waals surface area (Å²) in [7, 11) is 0. The first-order chi connectivity index (χ1) is 13.7. The summed E-state index contributed by atoms with van der Waals surface area (Å²) in [6, 6.07) is 0. The van der Waals surface area contributed by atoms with Crippen molar-refractivity contribution in [3.63, 3.8) is 0 Å². The Morgan fingerprint density at radius 1 is 0.821 bits per heavy atom. The highest BCUT2D eigenvalue weighted by atomic mass is 16.6. The lowest BCUT2D eigenvalue weighted by Crippen LogP contribution is -2.55. The average Bonchev–Trinajstić information content (AvgIpc) is 2.70. The third-order valence-corrected chi connectivity index (χ3v) is 5.50. The molecule has 0 unspecified atom stereocenters. The van der Waals surface area contributed by atoms with E-state index in [1.165, 1.54) is 64.2 Å². The molecule has 1 aliphatic heterocycles. The largest absolute Gasteiger partial charge is 0.394 e. The molecule has 28 heavy (non-hydrogen) atoms. The summed E-state index contributed by atoms with van der Waals surface area (Å²) in [4.78, 5) is 0.